The first-order valence-electron chi connectivity index (χ1n) is 13.2. The van der Waals surface area contributed by atoms with E-state index in [4.69, 9.17) is 0 Å². The highest BCUT2D eigenvalue weighted by molar-refractivity contribution is 6.09. The number of hydrogen-bond acceptors (Lipinski definition) is 1. The van der Waals surface area contributed by atoms with Crippen LogP contribution in [-0.4, -0.2) is 9.55 Å². The maximum atomic E-state index is 4.55. The Labute approximate surface area is 228 Å². The lowest BCUT2D eigenvalue weighted by atomic mass is 9.98. The lowest BCUT2D eigenvalue weighted by Crippen LogP contribution is -1.97. The van der Waals surface area contributed by atoms with E-state index in [-0.39, 0.29) is 0 Å². The highest BCUT2D eigenvalue weighted by Crippen LogP contribution is 2.34. The summed E-state index contributed by atoms with van der Waals surface area (Å²) in [4.78, 5) is 4.55. The summed E-state index contributed by atoms with van der Waals surface area (Å²) in [5.74, 6) is 7.04. The Morgan fingerprint density at radius 2 is 1.26 bits per heavy atom. The standard InChI is InChI=1S/C37H26N2/c1-25-13-19-36-32(22-25)33-23-26(2)14-20-37(33)39(36)35-12-6-4-9-29(35)17-15-27-8-3-5-11-31(27)30-18-16-28-10-7-21-38-34(28)24-30/h3-14,16,18-24H,1-2H3. The van der Waals surface area contributed by atoms with Crippen LogP contribution in [0.1, 0.15) is 22.3 Å². The monoisotopic (exact) mass is 498 g/mol. The van der Waals surface area contributed by atoms with Gasteiger partial charge in [0.25, 0.3) is 0 Å². The molecule has 0 unspecified atom stereocenters. The van der Waals surface area contributed by atoms with Crippen LogP contribution in [0.3, 0.4) is 0 Å². The lowest BCUT2D eigenvalue weighted by Gasteiger charge is -2.11. The highest BCUT2D eigenvalue weighted by Gasteiger charge is 2.14. The van der Waals surface area contributed by atoms with Gasteiger partial charge < -0.3 is 4.57 Å². The van der Waals surface area contributed by atoms with E-state index in [1.54, 1.807) is 0 Å². The van der Waals surface area contributed by atoms with Gasteiger partial charge in [0.2, 0.25) is 0 Å². The molecule has 0 bridgehead atoms. The average Bonchev–Trinajstić information content (AvgIpc) is 3.28. The molecule has 184 valence electrons. The van der Waals surface area contributed by atoms with Crippen molar-refractivity contribution in [2.75, 3.05) is 0 Å². The predicted octanol–water partition coefficient (Wildman–Crippen LogP) is 9.02. The van der Waals surface area contributed by atoms with Gasteiger partial charge in [0.15, 0.2) is 0 Å². The normalized spacial score (nSPS) is 11.1. The number of para-hydroxylation sites is 1. The fourth-order valence-corrected chi connectivity index (χ4v) is 5.50. The van der Waals surface area contributed by atoms with Crippen molar-refractivity contribution >= 4 is 32.7 Å². The Morgan fingerprint density at radius 3 is 2.03 bits per heavy atom. The van der Waals surface area contributed by atoms with E-state index < -0.39 is 0 Å². The first kappa shape index (κ1) is 23.0. The fourth-order valence-electron chi connectivity index (χ4n) is 5.50. The summed E-state index contributed by atoms with van der Waals surface area (Å²) in [7, 11) is 0. The molecule has 0 spiro atoms. The molecule has 2 heteroatoms. The van der Waals surface area contributed by atoms with E-state index in [9.17, 15) is 0 Å². The van der Waals surface area contributed by atoms with Crippen molar-refractivity contribution in [3.63, 3.8) is 0 Å². The molecule has 39 heavy (non-hydrogen) atoms. The first-order chi connectivity index (χ1) is 19.2. The third-order valence-corrected chi connectivity index (χ3v) is 7.40. The topological polar surface area (TPSA) is 17.8 Å². The van der Waals surface area contributed by atoms with Gasteiger partial charge in [-0.3, -0.25) is 4.98 Å². The summed E-state index contributed by atoms with van der Waals surface area (Å²) in [6, 6.07) is 40.7. The molecule has 0 amide bonds. The first-order valence-corrected chi connectivity index (χ1v) is 13.2. The molecule has 7 aromatic rings. The molecule has 5 aromatic carbocycles. The van der Waals surface area contributed by atoms with Crippen LogP contribution in [0, 0.1) is 25.7 Å². The molecule has 0 radical (unpaired) electrons. The van der Waals surface area contributed by atoms with E-state index in [1.165, 1.54) is 32.9 Å². The Kier molecular flexibility index (Phi) is 5.50. The van der Waals surface area contributed by atoms with Crippen LogP contribution in [0.15, 0.2) is 121 Å². The quantitative estimate of drug-likeness (QED) is 0.217. The van der Waals surface area contributed by atoms with Gasteiger partial charge in [0, 0.05) is 33.5 Å². The van der Waals surface area contributed by atoms with Crippen LogP contribution in [0.2, 0.25) is 0 Å². The second-order valence-corrected chi connectivity index (χ2v) is 10.1. The van der Waals surface area contributed by atoms with Crippen LogP contribution >= 0.6 is 0 Å². The molecule has 2 aromatic heterocycles. The van der Waals surface area contributed by atoms with Crippen molar-refractivity contribution in [3.8, 4) is 28.7 Å². The van der Waals surface area contributed by atoms with Gasteiger partial charge >= 0.3 is 0 Å². The average molecular weight is 499 g/mol. The number of fused-ring (bicyclic) bond motifs is 4. The molecule has 2 heterocycles. The summed E-state index contributed by atoms with van der Waals surface area (Å²) in [6.45, 7) is 4.31. The molecule has 2 nitrogen and oxygen atoms in total. The molecule has 0 aliphatic carbocycles. The minimum Gasteiger partial charge on any atom is -0.308 e. The minimum atomic E-state index is 0.986. The summed E-state index contributed by atoms with van der Waals surface area (Å²) in [5.41, 5.74) is 11.2. The van der Waals surface area contributed by atoms with E-state index >= 15 is 0 Å². The van der Waals surface area contributed by atoms with Crippen LogP contribution < -0.4 is 0 Å². The van der Waals surface area contributed by atoms with Gasteiger partial charge in [0.05, 0.1) is 22.2 Å². The number of aryl methyl sites for hydroxylation is 2. The Hall–Kier alpha value is -5.13. The molecule has 0 saturated carbocycles. The van der Waals surface area contributed by atoms with Gasteiger partial charge in [0.1, 0.15) is 0 Å². The zero-order chi connectivity index (χ0) is 26.3. The summed E-state index contributed by atoms with van der Waals surface area (Å²) in [5, 5.41) is 3.67. The second-order valence-electron chi connectivity index (χ2n) is 10.1. The van der Waals surface area contributed by atoms with Crippen molar-refractivity contribution in [2.24, 2.45) is 0 Å². The molecular weight excluding hydrogens is 472 g/mol. The smallest absolute Gasteiger partial charge is 0.0708 e. The summed E-state index contributed by atoms with van der Waals surface area (Å²) in [6.07, 6.45) is 1.84. The van der Waals surface area contributed by atoms with Crippen LogP contribution in [-0.2, 0) is 0 Å². The number of rotatable bonds is 2. The van der Waals surface area contributed by atoms with Crippen LogP contribution in [0.25, 0.3) is 49.5 Å². The van der Waals surface area contributed by atoms with E-state index in [1.807, 2.05) is 12.3 Å². The summed E-state index contributed by atoms with van der Waals surface area (Å²) >= 11 is 0. The predicted molar refractivity (Wildman–Crippen MR) is 163 cm³/mol. The van der Waals surface area contributed by atoms with Crippen molar-refractivity contribution < 1.29 is 0 Å². The number of pyridine rings is 1. The third-order valence-electron chi connectivity index (χ3n) is 7.40. The zero-order valence-corrected chi connectivity index (χ0v) is 21.9. The summed E-state index contributed by atoms with van der Waals surface area (Å²) < 4.78 is 2.36. The SMILES string of the molecule is Cc1ccc2c(c1)c1cc(C)ccc1n2-c1ccccc1C#Cc1ccccc1-c1ccc2cccnc2c1. The molecular formula is C37H26N2. The van der Waals surface area contributed by atoms with Gasteiger partial charge in [-0.15, -0.1) is 0 Å². The van der Waals surface area contributed by atoms with Crippen molar-refractivity contribution in [2.45, 2.75) is 13.8 Å². The van der Waals surface area contributed by atoms with Crippen molar-refractivity contribution in [1.29, 1.82) is 0 Å². The Balaban J connectivity index is 1.39. The number of hydrogen-bond donors (Lipinski definition) is 0. The molecule has 0 aliphatic rings. The van der Waals surface area contributed by atoms with Crippen molar-refractivity contribution in [1.82, 2.24) is 9.55 Å². The molecule has 0 aliphatic heterocycles. The van der Waals surface area contributed by atoms with Gasteiger partial charge in [-0.05, 0) is 79.6 Å². The fraction of sp³-hybridized carbons (Fsp3) is 0.0541. The third kappa shape index (κ3) is 4.06. The Bertz CT molecular complexity index is 2040. The number of nitrogens with zero attached hydrogens (tertiary/aromatic N) is 2. The lowest BCUT2D eigenvalue weighted by molar-refractivity contribution is 1.17. The van der Waals surface area contributed by atoms with Gasteiger partial charge in [-0.25, -0.2) is 0 Å². The maximum absolute atomic E-state index is 4.55. The van der Waals surface area contributed by atoms with Gasteiger partial charge in [-0.2, -0.15) is 0 Å². The second kappa shape index (κ2) is 9.31. The van der Waals surface area contributed by atoms with Gasteiger partial charge in [-0.1, -0.05) is 83.6 Å². The number of benzene rings is 5. The largest absolute Gasteiger partial charge is 0.308 e. The molecule has 0 fully saturated rings. The maximum Gasteiger partial charge on any atom is 0.0708 e. The van der Waals surface area contributed by atoms with E-state index in [2.05, 4.69) is 144 Å². The number of aromatic nitrogens is 2. The molecule has 0 N–H and O–H groups in total. The highest BCUT2D eigenvalue weighted by atomic mass is 15.0. The zero-order valence-electron chi connectivity index (χ0n) is 21.9. The van der Waals surface area contributed by atoms with E-state index in [0.717, 1.165) is 38.8 Å². The van der Waals surface area contributed by atoms with Crippen LogP contribution in [0.5, 0.6) is 0 Å². The molecule has 0 atom stereocenters. The molecule has 0 saturated heterocycles. The Morgan fingerprint density at radius 1 is 0.590 bits per heavy atom. The minimum absolute atomic E-state index is 0.986. The van der Waals surface area contributed by atoms with E-state index in [0.29, 0.717) is 0 Å². The molecule has 7 rings (SSSR count). The van der Waals surface area contributed by atoms with Crippen molar-refractivity contribution in [3.05, 3.63) is 144 Å². The van der Waals surface area contributed by atoms with Crippen LogP contribution in [0.4, 0.5) is 0 Å².